The molecular formula is C18H17N3O3S. The Bertz CT molecular complexity index is 909. The summed E-state index contributed by atoms with van der Waals surface area (Å²) in [5, 5.41) is 3.69. The maximum absolute atomic E-state index is 12.2. The number of aromatic nitrogens is 2. The Morgan fingerprint density at radius 1 is 1.20 bits per heavy atom. The average Bonchev–Trinajstić information content (AvgIpc) is 2.89. The molecule has 3 heterocycles. The molecule has 0 fully saturated rings. The Morgan fingerprint density at radius 2 is 2.08 bits per heavy atom. The summed E-state index contributed by atoms with van der Waals surface area (Å²) in [6.07, 6.45) is 4.59. The lowest BCUT2D eigenvalue weighted by Crippen LogP contribution is -2.14. The number of carbonyl (C=O) groups is 1. The molecule has 0 saturated heterocycles. The molecule has 6 nitrogen and oxygen atoms in total. The third-order valence-electron chi connectivity index (χ3n) is 3.77. The first kappa shape index (κ1) is 15.8. The van der Waals surface area contributed by atoms with Gasteiger partial charge in [-0.3, -0.25) is 9.20 Å². The number of rotatable bonds is 4. The number of anilines is 1. The van der Waals surface area contributed by atoms with Crippen LogP contribution in [0.3, 0.4) is 0 Å². The molecule has 3 aromatic rings. The van der Waals surface area contributed by atoms with Gasteiger partial charge >= 0.3 is 0 Å². The first-order valence-electron chi connectivity index (χ1n) is 8.04. The summed E-state index contributed by atoms with van der Waals surface area (Å²) >= 11 is 1.40. The van der Waals surface area contributed by atoms with Crippen molar-refractivity contribution in [2.75, 3.05) is 24.3 Å². The van der Waals surface area contributed by atoms with Gasteiger partial charge in [-0.15, -0.1) is 0 Å². The average molecular weight is 355 g/mol. The lowest BCUT2D eigenvalue weighted by molar-refractivity contribution is -0.113. The second-order valence-electron chi connectivity index (χ2n) is 5.59. The summed E-state index contributed by atoms with van der Waals surface area (Å²) in [5.41, 5.74) is 1.70. The van der Waals surface area contributed by atoms with Crippen molar-refractivity contribution < 1.29 is 14.3 Å². The third kappa shape index (κ3) is 3.56. The van der Waals surface area contributed by atoms with Gasteiger partial charge in [0.2, 0.25) is 5.91 Å². The number of imidazole rings is 1. The van der Waals surface area contributed by atoms with Crippen molar-refractivity contribution in [3.63, 3.8) is 0 Å². The molecule has 0 bridgehead atoms. The van der Waals surface area contributed by atoms with Crippen molar-refractivity contribution in [3.8, 4) is 11.5 Å². The smallest absolute Gasteiger partial charge is 0.234 e. The molecule has 0 unspecified atom stereocenters. The minimum absolute atomic E-state index is 0.0906. The number of hydrogen-bond donors (Lipinski definition) is 1. The van der Waals surface area contributed by atoms with Gasteiger partial charge in [0.05, 0.1) is 30.7 Å². The molecule has 0 radical (unpaired) electrons. The van der Waals surface area contributed by atoms with Crippen molar-refractivity contribution in [3.05, 3.63) is 48.8 Å². The SMILES string of the molecule is O=C(CSc1ncc2ccccn12)Nc1ccc2c(c1)OCCCO2. The van der Waals surface area contributed by atoms with E-state index in [0.717, 1.165) is 17.1 Å². The lowest BCUT2D eigenvalue weighted by atomic mass is 10.2. The molecule has 1 aromatic carbocycles. The highest BCUT2D eigenvalue weighted by Crippen LogP contribution is 2.32. The van der Waals surface area contributed by atoms with E-state index >= 15 is 0 Å². The van der Waals surface area contributed by atoms with Crippen molar-refractivity contribution in [2.24, 2.45) is 0 Å². The van der Waals surface area contributed by atoms with Gasteiger partial charge in [-0.25, -0.2) is 4.98 Å². The van der Waals surface area contributed by atoms with Crippen molar-refractivity contribution in [1.29, 1.82) is 0 Å². The molecule has 0 aliphatic carbocycles. The van der Waals surface area contributed by atoms with Gasteiger partial charge in [0, 0.05) is 24.4 Å². The van der Waals surface area contributed by atoms with Crippen LogP contribution in [0.15, 0.2) is 53.9 Å². The van der Waals surface area contributed by atoms with Crippen molar-refractivity contribution >= 4 is 28.9 Å². The monoisotopic (exact) mass is 355 g/mol. The zero-order chi connectivity index (χ0) is 17.1. The van der Waals surface area contributed by atoms with Crippen LogP contribution < -0.4 is 14.8 Å². The second kappa shape index (κ2) is 7.06. The van der Waals surface area contributed by atoms with E-state index in [9.17, 15) is 4.79 Å². The summed E-state index contributed by atoms with van der Waals surface area (Å²) in [4.78, 5) is 16.6. The van der Waals surface area contributed by atoms with Gasteiger partial charge in [0.15, 0.2) is 16.7 Å². The van der Waals surface area contributed by atoms with E-state index in [1.165, 1.54) is 11.8 Å². The van der Waals surface area contributed by atoms with Crippen LogP contribution in [0.2, 0.25) is 0 Å². The summed E-state index contributed by atoms with van der Waals surface area (Å²) in [6.45, 7) is 1.26. The summed E-state index contributed by atoms with van der Waals surface area (Å²) in [5.74, 6) is 1.57. The predicted octanol–water partition coefficient (Wildman–Crippen LogP) is 3.23. The maximum Gasteiger partial charge on any atom is 0.234 e. The minimum atomic E-state index is -0.0906. The van der Waals surface area contributed by atoms with Crippen molar-refractivity contribution in [2.45, 2.75) is 11.6 Å². The van der Waals surface area contributed by atoms with Crippen molar-refractivity contribution in [1.82, 2.24) is 9.38 Å². The molecule has 0 atom stereocenters. The van der Waals surface area contributed by atoms with E-state index in [2.05, 4.69) is 10.3 Å². The van der Waals surface area contributed by atoms with Crippen LogP contribution in [-0.4, -0.2) is 34.3 Å². The molecular weight excluding hydrogens is 338 g/mol. The molecule has 7 heteroatoms. The van der Waals surface area contributed by atoms with Gasteiger partial charge < -0.3 is 14.8 Å². The summed E-state index contributed by atoms with van der Waals surface area (Å²) in [6, 6.07) is 11.3. The quantitative estimate of drug-likeness (QED) is 0.728. The van der Waals surface area contributed by atoms with E-state index in [0.29, 0.717) is 30.4 Å². The van der Waals surface area contributed by atoms with Crippen LogP contribution in [0.1, 0.15) is 6.42 Å². The largest absolute Gasteiger partial charge is 0.490 e. The maximum atomic E-state index is 12.2. The fourth-order valence-electron chi connectivity index (χ4n) is 2.59. The molecule has 128 valence electrons. The highest BCUT2D eigenvalue weighted by Gasteiger charge is 2.13. The molecule has 1 N–H and O–H groups in total. The van der Waals surface area contributed by atoms with Gasteiger partial charge in [0.1, 0.15) is 0 Å². The van der Waals surface area contributed by atoms with Crippen LogP contribution in [0, 0.1) is 0 Å². The van der Waals surface area contributed by atoms with Gasteiger partial charge in [-0.05, 0) is 24.3 Å². The number of hydrogen-bond acceptors (Lipinski definition) is 5. The van der Waals surface area contributed by atoms with E-state index in [1.807, 2.05) is 40.9 Å². The Morgan fingerprint density at radius 3 is 3.00 bits per heavy atom. The number of nitrogens with zero attached hydrogens (tertiary/aromatic N) is 2. The van der Waals surface area contributed by atoms with Gasteiger partial charge in [-0.2, -0.15) is 0 Å². The van der Waals surface area contributed by atoms with Crippen LogP contribution >= 0.6 is 11.8 Å². The molecule has 4 rings (SSSR count). The summed E-state index contributed by atoms with van der Waals surface area (Å²) < 4.78 is 13.2. The van der Waals surface area contributed by atoms with Crippen LogP contribution in [0.25, 0.3) is 5.52 Å². The standard InChI is InChI=1S/C18H17N3O3S/c22-17(12-25-18-19-11-14-4-1-2-7-21(14)18)20-13-5-6-15-16(10-13)24-9-3-8-23-15/h1-2,4-7,10-11H,3,8-9,12H2,(H,20,22). The number of nitrogens with one attached hydrogen (secondary N) is 1. The second-order valence-corrected chi connectivity index (χ2v) is 6.53. The predicted molar refractivity (Wildman–Crippen MR) is 96.6 cm³/mol. The first-order valence-corrected chi connectivity index (χ1v) is 9.02. The first-order chi connectivity index (χ1) is 12.3. The molecule has 1 amide bonds. The Hall–Kier alpha value is -2.67. The number of ether oxygens (including phenoxy) is 2. The van der Waals surface area contributed by atoms with Gasteiger partial charge in [-0.1, -0.05) is 17.8 Å². The number of thioether (sulfide) groups is 1. The van der Waals surface area contributed by atoms with Crippen LogP contribution in [-0.2, 0) is 4.79 Å². The molecule has 0 spiro atoms. The van der Waals surface area contributed by atoms with E-state index < -0.39 is 0 Å². The van der Waals surface area contributed by atoms with Gasteiger partial charge in [0.25, 0.3) is 0 Å². The zero-order valence-electron chi connectivity index (χ0n) is 13.5. The van der Waals surface area contributed by atoms with Crippen LogP contribution in [0.5, 0.6) is 11.5 Å². The zero-order valence-corrected chi connectivity index (χ0v) is 14.3. The number of benzene rings is 1. The molecule has 1 aliphatic heterocycles. The number of amides is 1. The highest BCUT2D eigenvalue weighted by molar-refractivity contribution is 7.99. The molecule has 2 aromatic heterocycles. The van der Waals surface area contributed by atoms with E-state index in [4.69, 9.17) is 9.47 Å². The number of pyridine rings is 1. The normalized spacial score (nSPS) is 13.4. The Kier molecular flexibility index (Phi) is 4.47. The minimum Gasteiger partial charge on any atom is -0.490 e. The lowest BCUT2D eigenvalue weighted by Gasteiger charge is -2.10. The fraction of sp³-hybridized carbons (Fsp3) is 0.222. The van der Waals surface area contributed by atoms with Crippen LogP contribution in [0.4, 0.5) is 5.69 Å². The Balaban J connectivity index is 1.40. The Labute approximate surface area is 149 Å². The molecule has 25 heavy (non-hydrogen) atoms. The van der Waals surface area contributed by atoms with E-state index in [1.54, 1.807) is 12.3 Å². The topological polar surface area (TPSA) is 64.9 Å². The summed E-state index contributed by atoms with van der Waals surface area (Å²) in [7, 11) is 0. The fourth-order valence-corrected chi connectivity index (χ4v) is 3.36. The highest BCUT2D eigenvalue weighted by atomic mass is 32.2. The third-order valence-corrected chi connectivity index (χ3v) is 4.74. The molecule has 0 saturated carbocycles. The van der Waals surface area contributed by atoms with E-state index in [-0.39, 0.29) is 11.7 Å². The number of fused-ring (bicyclic) bond motifs is 2. The number of carbonyl (C=O) groups excluding carboxylic acids is 1. The molecule has 1 aliphatic rings.